The number of hydrogen-bond acceptors (Lipinski definition) is 4. The molecule has 0 unspecified atom stereocenters. The van der Waals surface area contributed by atoms with Crippen molar-refractivity contribution in [3.05, 3.63) is 70.7 Å². The molecular weight excluding hydrogens is 366 g/mol. The summed E-state index contributed by atoms with van der Waals surface area (Å²) in [7, 11) is 0. The fraction of sp³-hybridized carbons (Fsp3) is 0.364. The Morgan fingerprint density at radius 2 is 1.97 bits per heavy atom. The molecule has 29 heavy (non-hydrogen) atoms. The highest BCUT2D eigenvalue weighted by molar-refractivity contribution is 5.76. The number of carbonyl (C=O) groups excluding carboxylic acids is 1. The van der Waals surface area contributed by atoms with Crippen molar-refractivity contribution in [3.63, 3.8) is 0 Å². The van der Waals surface area contributed by atoms with Gasteiger partial charge in [-0.1, -0.05) is 0 Å². The number of carbonyl (C=O) groups is 1. The number of aryl methyl sites for hydroxylation is 1. The predicted molar refractivity (Wildman–Crippen MR) is 108 cm³/mol. The van der Waals surface area contributed by atoms with E-state index in [1.54, 1.807) is 24.8 Å². The molecule has 2 atom stereocenters. The molecule has 1 fully saturated rings. The lowest BCUT2D eigenvalue weighted by atomic mass is 9.82. The van der Waals surface area contributed by atoms with Crippen molar-refractivity contribution in [2.45, 2.75) is 31.7 Å². The van der Waals surface area contributed by atoms with E-state index in [-0.39, 0.29) is 17.4 Å². The van der Waals surface area contributed by atoms with Crippen molar-refractivity contribution in [2.75, 3.05) is 13.1 Å². The molecule has 148 valence electrons. The Morgan fingerprint density at radius 3 is 2.76 bits per heavy atom. The standard InChI is InChI=1S/C22H23N5O2/c28-20(4-1-15-5-7-23-8-6-15)26-12-16-11-17(14-26)19-3-2-18(21-24-9-10-25-21)22(29)27(19)13-16/h2-3,5-10,16-17H,1,4,11-14H2,(H,24,25)/t16-,17+/m0/s1. The SMILES string of the molecule is O=C(CCc1ccncc1)N1C[C@@H]2C[C@H](C1)c1ccc(-c3ncc[nH]3)c(=O)n1C2. The molecule has 1 amide bonds. The summed E-state index contributed by atoms with van der Waals surface area (Å²) in [6.07, 6.45) is 9.18. The van der Waals surface area contributed by atoms with Gasteiger partial charge in [0.2, 0.25) is 5.91 Å². The Labute approximate surface area is 168 Å². The predicted octanol–water partition coefficient (Wildman–Crippen LogP) is 2.21. The summed E-state index contributed by atoms with van der Waals surface area (Å²) >= 11 is 0. The summed E-state index contributed by atoms with van der Waals surface area (Å²) < 4.78 is 1.90. The fourth-order valence-corrected chi connectivity index (χ4v) is 4.70. The molecule has 2 bridgehead atoms. The van der Waals surface area contributed by atoms with E-state index in [9.17, 15) is 9.59 Å². The van der Waals surface area contributed by atoms with Gasteiger partial charge in [0.15, 0.2) is 0 Å². The second-order valence-corrected chi connectivity index (χ2v) is 7.98. The number of nitrogens with zero attached hydrogens (tertiary/aromatic N) is 4. The van der Waals surface area contributed by atoms with Crippen LogP contribution in [-0.4, -0.2) is 43.4 Å². The highest BCUT2D eigenvalue weighted by atomic mass is 16.2. The van der Waals surface area contributed by atoms with E-state index in [1.165, 1.54) is 0 Å². The molecule has 1 saturated heterocycles. The molecule has 3 aromatic rings. The van der Waals surface area contributed by atoms with Crippen molar-refractivity contribution in [2.24, 2.45) is 5.92 Å². The molecule has 2 aliphatic heterocycles. The van der Waals surface area contributed by atoms with Gasteiger partial charge in [0.05, 0.1) is 5.56 Å². The van der Waals surface area contributed by atoms with Crippen molar-refractivity contribution in [3.8, 4) is 11.4 Å². The number of nitrogens with one attached hydrogen (secondary N) is 1. The van der Waals surface area contributed by atoms with E-state index < -0.39 is 0 Å². The van der Waals surface area contributed by atoms with Crippen LogP contribution in [0, 0.1) is 5.92 Å². The van der Waals surface area contributed by atoms with Gasteiger partial charge in [-0.05, 0) is 48.6 Å². The maximum atomic E-state index is 13.0. The molecule has 7 nitrogen and oxygen atoms in total. The van der Waals surface area contributed by atoms with E-state index in [0.717, 1.165) is 30.6 Å². The minimum atomic E-state index is 0.00427. The van der Waals surface area contributed by atoms with Gasteiger partial charge >= 0.3 is 0 Å². The molecule has 1 N–H and O–H groups in total. The van der Waals surface area contributed by atoms with Crippen LogP contribution in [-0.2, 0) is 17.8 Å². The highest BCUT2D eigenvalue weighted by Gasteiger charge is 2.36. The van der Waals surface area contributed by atoms with Crippen LogP contribution in [0.3, 0.4) is 0 Å². The minimum absolute atomic E-state index is 0.00427. The van der Waals surface area contributed by atoms with Gasteiger partial charge in [0.25, 0.3) is 5.56 Å². The van der Waals surface area contributed by atoms with Crippen molar-refractivity contribution in [1.82, 2.24) is 24.4 Å². The molecule has 0 aromatic carbocycles. The summed E-state index contributed by atoms with van der Waals surface area (Å²) in [6.45, 7) is 2.07. The zero-order valence-electron chi connectivity index (χ0n) is 16.1. The minimum Gasteiger partial charge on any atom is -0.344 e. The van der Waals surface area contributed by atoms with Crippen LogP contribution in [0.4, 0.5) is 0 Å². The van der Waals surface area contributed by atoms with Gasteiger partial charge < -0.3 is 14.5 Å². The number of pyridine rings is 2. The molecule has 0 saturated carbocycles. The Hall–Kier alpha value is -3.22. The summed E-state index contributed by atoms with van der Waals surface area (Å²) in [4.78, 5) is 39.1. The van der Waals surface area contributed by atoms with E-state index in [2.05, 4.69) is 15.0 Å². The lowest BCUT2D eigenvalue weighted by Crippen LogP contribution is -2.49. The van der Waals surface area contributed by atoms with Crippen LogP contribution in [0.2, 0.25) is 0 Å². The first kappa shape index (κ1) is 17.8. The molecule has 0 radical (unpaired) electrons. The van der Waals surface area contributed by atoms with Crippen LogP contribution in [0.15, 0.2) is 53.8 Å². The van der Waals surface area contributed by atoms with Gasteiger partial charge in [0, 0.05) is 62.5 Å². The molecule has 0 spiro atoms. The number of imidazole rings is 1. The van der Waals surface area contributed by atoms with E-state index in [4.69, 9.17) is 0 Å². The third-order valence-corrected chi connectivity index (χ3v) is 6.09. The zero-order chi connectivity index (χ0) is 19.8. The molecule has 3 aromatic heterocycles. The normalized spacial score (nSPS) is 20.3. The molecule has 7 heteroatoms. The topological polar surface area (TPSA) is 83.9 Å². The third kappa shape index (κ3) is 3.37. The first-order chi connectivity index (χ1) is 14.2. The maximum absolute atomic E-state index is 13.0. The first-order valence-corrected chi connectivity index (χ1v) is 10.1. The average molecular weight is 389 g/mol. The molecular formula is C22H23N5O2. The third-order valence-electron chi connectivity index (χ3n) is 6.09. The Bertz CT molecular complexity index is 1070. The lowest BCUT2D eigenvalue weighted by molar-refractivity contribution is -0.133. The van der Waals surface area contributed by atoms with Crippen molar-refractivity contribution >= 4 is 5.91 Å². The van der Waals surface area contributed by atoms with Gasteiger partial charge in [-0.25, -0.2) is 4.98 Å². The van der Waals surface area contributed by atoms with E-state index in [0.29, 0.717) is 36.8 Å². The smallest absolute Gasteiger partial charge is 0.261 e. The maximum Gasteiger partial charge on any atom is 0.261 e. The number of aromatic amines is 1. The van der Waals surface area contributed by atoms with Gasteiger partial charge in [-0.3, -0.25) is 14.6 Å². The number of likely N-dealkylation sites (tertiary alicyclic amines) is 1. The summed E-state index contributed by atoms with van der Waals surface area (Å²) in [5.41, 5.74) is 2.77. The zero-order valence-corrected chi connectivity index (χ0v) is 16.1. The van der Waals surface area contributed by atoms with Crippen LogP contribution < -0.4 is 5.56 Å². The summed E-state index contributed by atoms with van der Waals surface area (Å²) in [5.74, 6) is 1.33. The van der Waals surface area contributed by atoms with Crippen molar-refractivity contribution < 1.29 is 4.79 Å². The Balaban J connectivity index is 1.34. The van der Waals surface area contributed by atoms with Crippen LogP contribution in [0.25, 0.3) is 11.4 Å². The second-order valence-electron chi connectivity index (χ2n) is 7.98. The number of hydrogen-bond donors (Lipinski definition) is 1. The number of H-pyrrole nitrogens is 1. The lowest BCUT2D eigenvalue weighted by Gasteiger charge is -2.43. The van der Waals surface area contributed by atoms with Crippen LogP contribution >= 0.6 is 0 Å². The van der Waals surface area contributed by atoms with Crippen LogP contribution in [0.5, 0.6) is 0 Å². The average Bonchev–Trinajstić information content (AvgIpc) is 3.28. The van der Waals surface area contributed by atoms with E-state index in [1.807, 2.05) is 33.7 Å². The fourth-order valence-electron chi connectivity index (χ4n) is 4.70. The van der Waals surface area contributed by atoms with E-state index >= 15 is 0 Å². The van der Waals surface area contributed by atoms with Crippen LogP contribution in [0.1, 0.15) is 30.0 Å². The highest BCUT2D eigenvalue weighted by Crippen LogP contribution is 2.35. The first-order valence-electron chi connectivity index (χ1n) is 10.1. The number of amides is 1. The molecule has 5 rings (SSSR count). The molecule has 0 aliphatic carbocycles. The number of fused-ring (bicyclic) bond motifs is 4. The number of aromatic nitrogens is 4. The molecule has 5 heterocycles. The largest absolute Gasteiger partial charge is 0.344 e. The second kappa shape index (κ2) is 7.31. The monoisotopic (exact) mass is 389 g/mol. The number of rotatable bonds is 4. The number of piperidine rings is 1. The van der Waals surface area contributed by atoms with Gasteiger partial charge in [-0.15, -0.1) is 0 Å². The Kier molecular flexibility index (Phi) is 4.50. The van der Waals surface area contributed by atoms with Crippen molar-refractivity contribution in [1.29, 1.82) is 0 Å². The quantitative estimate of drug-likeness (QED) is 0.742. The summed E-state index contributed by atoms with van der Waals surface area (Å²) in [5, 5.41) is 0. The Morgan fingerprint density at radius 1 is 1.10 bits per heavy atom. The van der Waals surface area contributed by atoms with Gasteiger partial charge in [0.1, 0.15) is 5.82 Å². The molecule has 2 aliphatic rings. The van der Waals surface area contributed by atoms with Gasteiger partial charge in [-0.2, -0.15) is 0 Å². The summed E-state index contributed by atoms with van der Waals surface area (Å²) in [6, 6.07) is 7.80.